The first-order valence-electron chi connectivity index (χ1n) is 10.6. The highest BCUT2D eigenvalue weighted by molar-refractivity contribution is 5.76. The van der Waals surface area contributed by atoms with Crippen molar-refractivity contribution >= 4 is 11.9 Å². The van der Waals surface area contributed by atoms with E-state index in [0.29, 0.717) is 39.3 Å². The molecule has 3 heterocycles. The number of hydrogen-bond acceptors (Lipinski definition) is 6. The Morgan fingerprint density at radius 3 is 2.58 bits per heavy atom. The van der Waals surface area contributed by atoms with Crippen molar-refractivity contribution in [3.05, 3.63) is 35.6 Å². The lowest BCUT2D eigenvalue weighted by atomic mass is 10.1. The van der Waals surface area contributed by atoms with Crippen molar-refractivity contribution in [2.24, 2.45) is 0 Å². The first-order valence-corrected chi connectivity index (χ1v) is 10.6. The molecule has 1 aromatic rings. The second-order valence-electron chi connectivity index (χ2n) is 8.05. The zero-order chi connectivity index (χ0) is 21.8. The predicted molar refractivity (Wildman–Crippen MR) is 107 cm³/mol. The van der Waals surface area contributed by atoms with E-state index in [1.807, 2.05) is 0 Å². The predicted octanol–water partition coefficient (Wildman–Crippen LogP) is 0.160. The van der Waals surface area contributed by atoms with Crippen molar-refractivity contribution in [2.45, 2.75) is 49.9 Å². The number of aliphatic hydroxyl groups excluding tert-OH is 1. The van der Waals surface area contributed by atoms with Crippen LogP contribution < -0.4 is 10.6 Å². The minimum Gasteiger partial charge on any atom is -0.388 e. The summed E-state index contributed by atoms with van der Waals surface area (Å²) in [6.45, 7) is 2.62. The van der Waals surface area contributed by atoms with E-state index in [9.17, 15) is 19.1 Å². The molecule has 3 aliphatic heterocycles. The lowest BCUT2D eigenvalue weighted by Gasteiger charge is -2.28. The number of halogens is 1. The zero-order valence-electron chi connectivity index (χ0n) is 17.2. The van der Waals surface area contributed by atoms with Crippen molar-refractivity contribution in [2.75, 3.05) is 32.8 Å². The van der Waals surface area contributed by atoms with Gasteiger partial charge in [-0.25, -0.2) is 9.18 Å². The van der Waals surface area contributed by atoms with Crippen LogP contribution in [-0.2, 0) is 25.5 Å². The molecule has 10 heteroatoms. The fourth-order valence-electron chi connectivity index (χ4n) is 4.16. The third kappa shape index (κ3) is 5.51. The molecule has 170 valence electrons. The quantitative estimate of drug-likeness (QED) is 0.585. The molecule has 3 N–H and O–H groups in total. The molecule has 5 atom stereocenters. The second-order valence-corrected chi connectivity index (χ2v) is 8.05. The second kappa shape index (κ2) is 9.90. The molecule has 3 aliphatic rings. The van der Waals surface area contributed by atoms with Crippen LogP contribution in [0.2, 0.25) is 0 Å². The number of urea groups is 1. The number of benzene rings is 1. The third-order valence-corrected chi connectivity index (χ3v) is 5.85. The standard InChI is InChI=1S/C21H28FN3O6/c22-14-3-1-13(2-4-14)11-23-18(26)10-15-9-16-20(30-15)19(27)17(31-16)12-24-21(28)25-5-7-29-8-6-25/h1-4,15-17,19-20,27H,5-12H2,(H,23,26)(H,24,28). The van der Waals surface area contributed by atoms with Gasteiger partial charge in [0.15, 0.2) is 0 Å². The number of carbonyl (C=O) groups excluding carboxylic acids is 2. The lowest BCUT2D eigenvalue weighted by molar-refractivity contribution is -0.124. The molecule has 0 aromatic heterocycles. The van der Waals surface area contributed by atoms with Gasteiger partial charge in [-0.3, -0.25) is 4.79 Å². The molecule has 3 saturated heterocycles. The summed E-state index contributed by atoms with van der Waals surface area (Å²) in [5.74, 6) is -0.503. The maximum atomic E-state index is 12.9. The average molecular weight is 437 g/mol. The van der Waals surface area contributed by atoms with E-state index in [2.05, 4.69) is 10.6 Å². The Kier molecular flexibility index (Phi) is 7.01. The van der Waals surface area contributed by atoms with Gasteiger partial charge < -0.3 is 34.9 Å². The van der Waals surface area contributed by atoms with Crippen LogP contribution in [-0.4, -0.2) is 85.3 Å². The molecule has 31 heavy (non-hydrogen) atoms. The van der Waals surface area contributed by atoms with E-state index in [-0.39, 0.29) is 42.9 Å². The number of amides is 3. The maximum Gasteiger partial charge on any atom is 0.317 e. The fraction of sp³-hybridized carbons (Fsp3) is 0.619. The smallest absolute Gasteiger partial charge is 0.317 e. The highest BCUT2D eigenvalue weighted by Gasteiger charge is 2.50. The van der Waals surface area contributed by atoms with E-state index in [1.54, 1.807) is 17.0 Å². The van der Waals surface area contributed by atoms with Crippen LogP contribution in [0.25, 0.3) is 0 Å². The van der Waals surface area contributed by atoms with Gasteiger partial charge in [0.05, 0.1) is 31.8 Å². The first kappa shape index (κ1) is 21.9. The van der Waals surface area contributed by atoms with Gasteiger partial charge >= 0.3 is 6.03 Å². The SMILES string of the molecule is O=C(CC1CC2OC(CNC(=O)N3CCOCC3)C(O)C2O1)NCc1ccc(F)cc1. The molecule has 4 rings (SSSR count). The summed E-state index contributed by atoms with van der Waals surface area (Å²) in [4.78, 5) is 26.1. The van der Waals surface area contributed by atoms with Gasteiger partial charge in [0.2, 0.25) is 5.91 Å². The monoisotopic (exact) mass is 437 g/mol. The molecule has 0 saturated carbocycles. The number of morpholine rings is 1. The average Bonchev–Trinajstić information content (AvgIpc) is 3.30. The van der Waals surface area contributed by atoms with Crippen LogP contribution in [0.1, 0.15) is 18.4 Å². The van der Waals surface area contributed by atoms with Gasteiger partial charge in [-0.2, -0.15) is 0 Å². The Bertz CT molecular complexity index is 773. The Hall–Kier alpha value is -2.27. The molecular formula is C21H28FN3O6. The molecular weight excluding hydrogens is 409 g/mol. The Labute approximate surface area is 179 Å². The van der Waals surface area contributed by atoms with Crippen LogP contribution in [0.15, 0.2) is 24.3 Å². The molecule has 3 fully saturated rings. The summed E-state index contributed by atoms with van der Waals surface area (Å²) in [6, 6.07) is 5.73. The largest absolute Gasteiger partial charge is 0.388 e. The molecule has 0 bridgehead atoms. The van der Waals surface area contributed by atoms with E-state index in [1.165, 1.54) is 12.1 Å². The molecule has 9 nitrogen and oxygen atoms in total. The van der Waals surface area contributed by atoms with Gasteiger partial charge in [-0.1, -0.05) is 12.1 Å². The molecule has 0 spiro atoms. The molecule has 3 amide bonds. The van der Waals surface area contributed by atoms with Crippen molar-refractivity contribution in [1.82, 2.24) is 15.5 Å². The van der Waals surface area contributed by atoms with E-state index in [0.717, 1.165) is 5.56 Å². The number of fused-ring (bicyclic) bond motifs is 1. The lowest BCUT2D eigenvalue weighted by Crippen LogP contribution is -2.49. The minimum absolute atomic E-state index is 0.155. The van der Waals surface area contributed by atoms with Gasteiger partial charge in [0, 0.05) is 32.6 Å². The highest BCUT2D eigenvalue weighted by atomic mass is 19.1. The first-order chi connectivity index (χ1) is 15.0. The van der Waals surface area contributed by atoms with E-state index in [4.69, 9.17) is 14.2 Å². The van der Waals surface area contributed by atoms with Crippen LogP contribution in [0.3, 0.4) is 0 Å². The van der Waals surface area contributed by atoms with Crippen molar-refractivity contribution in [1.29, 1.82) is 0 Å². The summed E-state index contributed by atoms with van der Waals surface area (Å²) in [6.07, 6.45) is -1.94. The van der Waals surface area contributed by atoms with Gasteiger partial charge in [0.25, 0.3) is 0 Å². The summed E-state index contributed by atoms with van der Waals surface area (Å²) in [7, 11) is 0. The number of nitrogens with one attached hydrogen (secondary N) is 2. The minimum atomic E-state index is -0.873. The van der Waals surface area contributed by atoms with Gasteiger partial charge in [0.1, 0.15) is 24.1 Å². The fourth-order valence-corrected chi connectivity index (χ4v) is 4.16. The number of ether oxygens (including phenoxy) is 3. The van der Waals surface area contributed by atoms with Crippen LogP contribution in [0, 0.1) is 5.82 Å². The van der Waals surface area contributed by atoms with Crippen molar-refractivity contribution < 1.29 is 33.3 Å². The number of nitrogens with zero attached hydrogens (tertiary/aromatic N) is 1. The summed E-state index contributed by atoms with van der Waals surface area (Å²) in [5, 5.41) is 16.1. The molecule has 0 aliphatic carbocycles. The summed E-state index contributed by atoms with van der Waals surface area (Å²) >= 11 is 0. The number of carbonyl (C=O) groups is 2. The van der Waals surface area contributed by atoms with Crippen LogP contribution in [0.5, 0.6) is 0 Å². The zero-order valence-corrected chi connectivity index (χ0v) is 17.2. The third-order valence-electron chi connectivity index (χ3n) is 5.85. The van der Waals surface area contributed by atoms with Crippen LogP contribution in [0.4, 0.5) is 9.18 Å². The van der Waals surface area contributed by atoms with E-state index >= 15 is 0 Å². The van der Waals surface area contributed by atoms with Crippen LogP contribution >= 0.6 is 0 Å². The normalized spacial score (nSPS) is 30.1. The Balaban J connectivity index is 1.17. The van der Waals surface area contributed by atoms with Gasteiger partial charge in [-0.05, 0) is 17.7 Å². The van der Waals surface area contributed by atoms with Gasteiger partial charge in [-0.15, -0.1) is 0 Å². The Morgan fingerprint density at radius 2 is 1.87 bits per heavy atom. The maximum absolute atomic E-state index is 12.9. The number of hydrogen-bond donors (Lipinski definition) is 3. The van der Waals surface area contributed by atoms with Crippen molar-refractivity contribution in [3.63, 3.8) is 0 Å². The summed E-state index contributed by atoms with van der Waals surface area (Å²) < 4.78 is 29.9. The highest BCUT2D eigenvalue weighted by Crippen LogP contribution is 2.35. The Morgan fingerprint density at radius 1 is 1.13 bits per heavy atom. The van der Waals surface area contributed by atoms with E-state index < -0.39 is 18.3 Å². The summed E-state index contributed by atoms with van der Waals surface area (Å²) in [5.41, 5.74) is 0.805. The number of rotatable bonds is 6. The molecule has 0 radical (unpaired) electrons. The number of aliphatic hydroxyl groups is 1. The molecule has 1 aromatic carbocycles. The molecule has 5 unspecified atom stereocenters. The van der Waals surface area contributed by atoms with Crippen molar-refractivity contribution in [3.8, 4) is 0 Å². The topological polar surface area (TPSA) is 109 Å².